The van der Waals surface area contributed by atoms with Crippen LogP contribution in [0.1, 0.15) is 25.5 Å². The van der Waals surface area contributed by atoms with Gasteiger partial charge in [-0.25, -0.2) is 0 Å². The Morgan fingerprint density at radius 3 is 2.45 bits per heavy atom. The lowest BCUT2D eigenvalue weighted by Crippen LogP contribution is -2.37. The van der Waals surface area contributed by atoms with Crippen LogP contribution in [-0.4, -0.2) is 32.7 Å². The first-order valence-corrected chi connectivity index (χ1v) is 6.89. The molecule has 0 spiro atoms. The number of hydrogen-bond donors (Lipinski definition) is 2. The summed E-state index contributed by atoms with van der Waals surface area (Å²) in [4.78, 5) is 4.51. The van der Waals surface area contributed by atoms with Crippen LogP contribution in [0.5, 0.6) is 0 Å². The van der Waals surface area contributed by atoms with E-state index in [9.17, 15) is 0 Å². The predicted molar refractivity (Wildman–Crippen MR) is 96.3 cm³/mol. The Kier molecular flexibility index (Phi) is 10.9. The maximum atomic E-state index is 5.99. The maximum Gasteiger partial charge on any atom is 0.191 e. The number of halogens is 2. The van der Waals surface area contributed by atoms with Crippen molar-refractivity contribution in [1.29, 1.82) is 0 Å². The normalized spacial score (nSPS) is 11.2. The molecule has 6 heteroatoms. The highest BCUT2D eigenvalue weighted by molar-refractivity contribution is 14.0. The van der Waals surface area contributed by atoms with Gasteiger partial charge in [-0.2, -0.15) is 0 Å². The molecule has 114 valence electrons. The lowest BCUT2D eigenvalue weighted by molar-refractivity contribution is 0.111. The number of ether oxygens (including phenoxy) is 1. The van der Waals surface area contributed by atoms with Crippen LogP contribution in [0.2, 0.25) is 5.02 Å². The van der Waals surface area contributed by atoms with E-state index in [4.69, 9.17) is 16.3 Å². The Hall–Kier alpha value is -0.530. The van der Waals surface area contributed by atoms with Crippen LogP contribution in [0.25, 0.3) is 0 Å². The molecule has 0 aromatic heterocycles. The molecule has 0 fully saturated rings. The van der Waals surface area contributed by atoms with E-state index in [1.807, 2.05) is 38.1 Å². The topological polar surface area (TPSA) is 45.7 Å². The fraction of sp³-hybridized carbons (Fsp3) is 0.500. The Bertz CT molecular complexity index is 407. The molecule has 0 bridgehead atoms. The van der Waals surface area contributed by atoms with E-state index in [-0.39, 0.29) is 30.1 Å². The molecular weight excluding hydrogens is 389 g/mol. The largest absolute Gasteiger partial charge is 0.375 e. The van der Waals surface area contributed by atoms with Crippen molar-refractivity contribution in [2.75, 3.05) is 26.7 Å². The van der Waals surface area contributed by atoms with Crippen molar-refractivity contribution in [3.05, 3.63) is 34.9 Å². The standard InChI is InChI=1S/C14H22ClN3O.HI/c1-4-16-14(17-5-2)18-10-13(19-3)11-7-6-8-12(15)9-11;/h6-9,13H,4-5,10H2,1-3H3,(H2,16,17,18);1H. The van der Waals surface area contributed by atoms with E-state index >= 15 is 0 Å². The maximum absolute atomic E-state index is 5.99. The van der Waals surface area contributed by atoms with E-state index in [1.165, 1.54) is 0 Å². The van der Waals surface area contributed by atoms with Gasteiger partial charge in [0.2, 0.25) is 0 Å². The number of aliphatic imine (C=N–C) groups is 1. The number of methoxy groups -OCH3 is 1. The van der Waals surface area contributed by atoms with Crippen molar-refractivity contribution < 1.29 is 4.74 Å². The summed E-state index contributed by atoms with van der Waals surface area (Å²) in [7, 11) is 1.68. The molecule has 2 N–H and O–H groups in total. The molecule has 0 radical (unpaired) electrons. The molecule has 0 amide bonds. The molecule has 1 atom stereocenters. The number of nitrogens with one attached hydrogen (secondary N) is 2. The highest BCUT2D eigenvalue weighted by atomic mass is 127. The second-order valence-electron chi connectivity index (χ2n) is 4.03. The van der Waals surface area contributed by atoms with Crippen LogP contribution in [0, 0.1) is 0 Å². The molecule has 1 rings (SSSR count). The molecule has 0 heterocycles. The van der Waals surface area contributed by atoms with Gasteiger partial charge in [0.15, 0.2) is 5.96 Å². The summed E-state index contributed by atoms with van der Waals surface area (Å²) in [5.74, 6) is 0.800. The first kappa shape index (κ1) is 19.5. The number of benzene rings is 1. The van der Waals surface area contributed by atoms with Crippen LogP contribution >= 0.6 is 35.6 Å². The van der Waals surface area contributed by atoms with Gasteiger partial charge in [-0.05, 0) is 31.5 Å². The molecule has 0 aliphatic rings. The molecule has 1 unspecified atom stereocenters. The van der Waals surface area contributed by atoms with Gasteiger partial charge in [0.1, 0.15) is 6.10 Å². The number of hydrogen-bond acceptors (Lipinski definition) is 2. The molecule has 0 saturated carbocycles. The smallest absolute Gasteiger partial charge is 0.191 e. The van der Waals surface area contributed by atoms with Gasteiger partial charge in [0.25, 0.3) is 0 Å². The third-order valence-electron chi connectivity index (χ3n) is 2.61. The van der Waals surface area contributed by atoms with Gasteiger partial charge in [-0.3, -0.25) is 4.99 Å². The first-order chi connectivity index (χ1) is 9.21. The Morgan fingerprint density at radius 2 is 1.95 bits per heavy atom. The number of rotatable bonds is 6. The van der Waals surface area contributed by atoms with Crippen LogP contribution in [0.4, 0.5) is 0 Å². The molecule has 0 aliphatic carbocycles. The minimum Gasteiger partial charge on any atom is -0.375 e. The molecule has 0 aliphatic heterocycles. The second kappa shape index (κ2) is 11.2. The quantitative estimate of drug-likeness (QED) is 0.429. The third kappa shape index (κ3) is 6.76. The van der Waals surface area contributed by atoms with E-state index < -0.39 is 0 Å². The van der Waals surface area contributed by atoms with Crippen molar-refractivity contribution in [3.63, 3.8) is 0 Å². The molecule has 0 saturated heterocycles. The number of guanidine groups is 1. The molecule has 20 heavy (non-hydrogen) atoms. The molecular formula is C14H23ClIN3O. The van der Waals surface area contributed by atoms with Crippen molar-refractivity contribution >= 4 is 41.5 Å². The van der Waals surface area contributed by atoms with Crippen molar-refractivity contribution in [2.24, 2.45) is 4.99 Å². The fourth-order valence-electron chi connectivity index (χ4n) is 1.71. The van der Waals surface area contributed by atoms with E-state index in [0.29, 0.717) is 11.6 Å². The van der Waals surface area contributed by atoms with Gasteiger partial charge in [0, 0.05) is 25.2 Å². The lowest BCUT2D eigenvalue weighted by Gasteiger charge is -2.15. The minimum atomic E-state index is -0.0917. The van der Waals surface area contributed by atoms with E-state index in [2.05, 4.69) is 15.6 Å². The minimum absolute atomic E-state index is 0. The van der Waals surface area contributed by atoms with E-state index in [1.54, 1.807) is 7.11 Å². The van der Waals surface area contributed by atoms with Gasteiger partial charge in [-0.1, -0.05) is 23.7 Å². The zero-order valence-corrected chi connectivity index (χ0v) is 15.2. The predicted octanol–water partition coefficient (Wildman–Crippen LogP) is 3.22. The van der Waals surface area contributed by atoms with Gasteiger partial charge in [0.05, 0.1) is 6.54 Å². The summed E-state index contributed by atoms with van der Waals surface area (Å²) in [6.07, 6.45) is -0.0917. The first-order valence-electron chi connectivity index (χ1n) is 6.51. The highest BCUT2D eigenvalue weighted by Gasteiger charge is 2.10. The van der Waals surface area contributed by atoms with Crippen molar-refractivity contribution in [1.82, 2.24) is 10.6 Å². The van der Waals surface area contributed by atoms with Crippen LogP contribution in [0.15, 0.2) is 29.3 Å². The summed E-state index contributed by atoms with van der Waals surface area (Å²) in [6.45, 7) is 6.29. The fourth-order valence-corrected chi connectivity index (χ4v) is 1.91. The molecule has 1 aromatic rings. The van der Waals surface area contributed by atoms with Gasteiger partial charge < -0.3 is 15.4 Å². The van der Waals surface area contributed by atoms with Crippen molar-refractivity contribution in [3.8, 4) is 0 Å². The molecule has 1 aromatic carbocycles. The summed E-state index contributed by atoms with van der Waals surface area (Å²) in [5.41, 5.74) is 1.03. The average molecular weight is 412 g/mol. The zero-order valence-electron chi connectivity index (χ0n) is 12.1. The summed E-state index contributed by atoms with van der Waals surface area (Å²) < 4.78 is 5.48. The summed E-state index contributed by atoms with van der Waals surface area (Å²) >= 11 is 5.99. The van der Waals surface area contributed by atoms with Gasteiger partial charge in [-0.15, -0.1) is 24.0 Å². The second-order valence-corrected chi connectivity index (χ2v) is 4.47. The highest BCUT2D eigenvalue weighted by Crippen LogP contribution is 2.20. The Balaban J connectivity index is 0.00000361. The van der Waals surface area contributed by atoms with Crippen LogP contribution in [-0.2, 0) is 4.74 Å². The number of nitrogens with zero attached hydrogens (tertiary/aromatic N) is 1. The van der Waals surface area contributed by atoms with Crippen molar-refractivity contribution in [2.45, 2.75) is 20.0 Å². The van der Waals surface area contributed by atoms with Crippen LogP contribution in [0.3, 0.4) is 0 Å². The zero-order chi connectivity index (χ0) is 14.1. The monoisotopic (exact) mass is 411 g/mol. The van der Waals surface area contributed by atoms with Crippen LogP contribution < -0.4 is 10.6 Å². The summed E-state index contributed by atoms with van der Waals surface area (Å²) in [5, 5.41) is 7.08. The third-order valence-corrected chi connectivity index (χ3v) is 2.84. The van der Waals surface area contributed by atoms with Gasteiger partial charge >= 0.3 is 0 Å². The SMILES string of the molecule is CCNC(=NCC(OC)c1cccc(Cl)c1)NCC.I. The Labute approximate surface area is 143 Å². The lowest BCUT2D eigenvalue weighted by atomic mass is 10.1. The Morgan fingerprint density at radius 1 is 1.30 bits per heavy atom. The average Bonchev–Trinajstić information content (AvgIpc) is 2.40. The van der Waals surface area contributed by atoms with E-state index in [0.717, 1.165) is 24.6 Å². The summed E-state index contributed by atoms with van der Waals surface area (Å²) in [6, 6.07) is 7.67. The molecule has 4 nitrogen and oxygen atoms in total.